The van der Waals surface area contributed by atoms with Gasteiger partial charge in [0.15, 0.2) is 0 Å². The Labute approximate surface area is 158 Å². The number of halogens is 3. The Kier molecular flexibility index (Phi) is 7.34. The molecule has 0 aliphatic rings. The van der Waals surface area contributed by atoms with E-state index in [9.17, 15) is 13.6 Å². The first kappa shape index (κ1) is 19.8. The first-order chi connectivity index (χ1) is 11.8. The lowest BCUT2D eigenvalue weighted by Gasteiger charge is -2.21. The van der Waals surface area contributed by atoms with Crippen molar-refractivity contribution in [3.8, 4) is 5.75 Å². The molecule has 1 aromatic heterocycles. The van der Waals surface area contributed by atoms with E-state index in [1.54, 1.807) is 35.4 Å². The number of carbonyl (C=O) groups excluding carboxylic acids is 1. The minimum atomic E-state index is -2.84. The van der Waals surface area contributed by atoms with Crippen LogP contribution in [0.15, 0.2) is 40.2 Å². The van der Waals surface area contributed by atoms with Crippen LogP contribution in [-0.2, 0) is 17.9 Å². The first-order valence-corrected chi connectivity index (χ1v) is 9.15. The van der Waals surface area contributed by atoms with Gasteiger partial charge in [0.05, 0.1) is 10.3 Å². The van der Waals surface area contributed by atoms with Crippen LogP contribution in [0.5, 0.6) is 5.75 Å². The second kappa shape index (κ2) is 9.26. The molecule has 1 amide bonds. The van der Waals surface area contributed by atoms with Gasteiger partial charge in [0.25, 0.3) is 0 Å². The van der Waals surface area contributed by atoms with Crippen molar-refractivity contribution >= 4 is 33.2 Å². The topological polar surface area (TPSA) is 32.8 Å². The van der Waals surface area contributed by atoms with E-state index in [1.165, 1.54) is 17.0 Å². The van der Waals surface area contributed by atoms with Crippen molar-refractivity contribution in [3.05, 3.63) is 50.6 Å². The Hall–Kier alpha value is -1.51. The van der Waals surface area contributed by atoms with Gasteiger partial charge in [0.1, 0.15) is 5.75 Å². The van der Waals surface area contributed by atoms with Crippen molar-refractivity contribution < 1.29 is 18.3 Å². The van der Waals surface area contributed by atoms with Crippen LogP contribution in [0.4, 0.5) is 8.78 Å². The van der Waals surface area contributed by atoms with Crippen LogP contribution >= 0.6 is 27.3 Å². The molecule has 0 aliphatic carbocycles. The normalized spacial score (nSPS) is 11.2. The molecule has 0 spiro atoms. The zero-order chi connectivity index (χ0) is 18.4. The fourth-order valence-corrected chi connectivity index (χ4v) is 3.81. The number of ether oxygens (including phenoxy) is 1. The smallest absolute Gasteiger partial charge is 0.387 e. The first-order valence-electron chi connectivity index (χ1n) is 7.54. The number of alkyl halides is 2. The standard InChI is InChI=1S/C17H19BrF2N2O2S/c1-21(10-14-7-8-15(18)25-14)11-16(23)22(2)9-12-3-5-13(6-4-12)24-17(19)20/h3-8,17H,9-11H2,1-2H3. The fourth-order valence-electron chi connectivity index (χ4n) is 2.25. The third-order valence-corrected chi connectivity index (χ3v) is 5.06. The van der Waals surface area contributed by atoms with E-state index in [-0.39, 0.29) is 11.7 Å². The van der Waals surface area contributed by atoms with Crippen LogP contribution in [0, 0.1) is 0 Å². The molecular weight excluding hydrogens is 414 g/mol. The van der Waals surface area contributed by atoms with Crippen LogP contribution < -0.4 is 4.74 Å². The van der Waals surface area contributed by atoms with Gasteiger partial charge in [-0.15, -0.1) is 11.3 Å². The summed E-state index contributed by atoms with van der Waals surface area (Å²) >= 11 is 5.07. The second-order valence-electron chi connectivity index (χ2n) is 5.65. The fraction of sp³-hybridized carbons (Fsp3) is 0.353. The lowest BCUT2D eigenvalue weighted by atomic mass is 10.2. The molecular formula is C17H19BrF2N2O2S. The van der Waals surface area contributed by atoms with Crippen molar-refractivity contribution in [1.29, 1.82) is 0 Å². The van der Waals surface area contributed by atoms with Crippen molar-refractivity contribution in [1.82, 2.24) is 9.80 Å². The van der Waals surface area contributed by atoms with Crippen molar-refractivity contribution in [2.24, 2.45) is 0 Å². The summed E-state index contributed by atoms with van der Waals surface area (Å²) in [5.41, 5.74) is 0.849. The van der Waals surface area contributed by atoms with Gasteiger partial charge >= 0.3 is 6.61 Å². The Balaban J connectivity index is 1.82. The van der Waals surface area contributed by atoms with Gasteiger partial charge in [-0.2, -0.15) is 8.78 Å². The molecule has 8 heteroatoms. The van der Waals surface area contributed by atoms with Gasteiger partial charge in [0.2, 0.25) is 5.91 Å². The summed E-state index contributed by atoms with van der Waals surface area (Å²) in [7, 11) is 3.62. The van der Waals surface area contributed by atoms with E-state index in [2.05, 4.69) is 20.7 Å². The monoisotopic (exact) mass is 432 g/mol. The van der Waals surface area contributed by atoms with Gasteiger partial charge < -0.3 is 9.64 Å². The van der Waals surface area contributed by atoms with E-state index >= 15 is 0 Å². The molecule has 2 aromatic rings. The number of likely N-dealkylation sites (N-methyl/N-ethyl adjacent to an activating group) is 2. The van der Waals surface area contributed by atoms with Crippen LogP contribution in [-0.4, -0.2) is 43.0 Å². The molecule has 4 nitrogen and oxygen atoms in total. The maximum absolute atomic E-state index is 12.3. The second-order valence-corrected chi connectivity index (χ2v) is 8.20. The zero-order valence-corrected chi connectivity index (χ0v) is 16.3. The molecule has 0 atom stereocenters. The summed E-state index contributed by atoms with van der Waals surface area (Å²) in [5.74, 6) is 0.0978. The van der Waals surface area contributed by atoms with E-state index in [1.807, 2.05) is 24.1 Å². The van der Waals surface area contributed by atoms with Crippen molar-refractivity contribution in [2.45, 2.75) is 19.7 Å². The number of nitrogens with zero attached hydrogens (tertiary/aromatic N) is 2. The average molecular weight is 433 g/mol. The quantitative estimate of drug-likeness (QED) is 0.626. The van der Waals surface area contributed by atoms with Crippen LogP contribution in [0.3, 0.4) is 0 Å². The Bertz CT molecular complexity index is 694. The van der Waals surface area contributed by atoms with E-state index in [0.29, 0.717) is 19.6 Å². The number of rotatable bonds is 8. The number of carbonyl (C=O) groups is 1. The SMILES string of the molecule is CN(CC(=O)N(C)Cc1ccc(OC(F)F)cc1)Cc1ccc(Br)s1. The predicted octanol–water partition coefficient (Wildman–Crippen LogP) is 4.20. The molecule has 0 bridgehead atoms. The van der Waals surface area contributed by atoms with Gasteiger partial charge in [0, 0.05) is 25.0 Å². The molecule has 1 heterocycles. The minimum Gasteiger partial charge on any atom is -0.435 e. The minimum absolute atomic E-state index is 0.00831. The zero-order valence-electron chi connectivity index (χ0n) is 13.9. The molecule has 1 aromatic carbocycles. The highest BCUT2D eigenvalue weighted by atomic mass is 79.9. The third-order valence-electron chi connectivity index (χ3n) is 3.45. The molecule has 0 saturated heterocycles. The molecule has 0 unspecified atom stereocenters. The molecule has 25 heavy (non-hydrogen) atoms. The van der Waals surface area contributed by atoms with E-state index < -0.39 is 6.61 Å². The number of thiophene rings is 1. The predicted molar refractivity (Wildman–Crippen MR) is 97.9 cm³/mol. The van der Waals surface area contributed by atoms with E-state index in [0.717, 1.165) is 9.35 Å². The number of benzene rings is 1. The van der Waals surface area contributed by atoms with Crippen molar-refractivity contribution in [2.75, 3.05) is 20.6 Å². The lowest BCUT2D eigenvalue weighted by molar-refractivity contribution is -0.131. The van der Waals surface area contributed by atoms with Gasteiger partial charge in [-0.3, -0.25) is 9.69 Å². The summed E-state index contributed by atoms with van der Waals surface area (Å²) in [6, 6.07) is 10.3. The van der Waals surface area contributed by atoms with E-state index in [4.69, 9.17) is 0 Å². The third kappa shape index (κ3) is 6.72. The molecule has 2 rings (SSSR count). The van der Waals surface area contributed by atoms with Gasteiger partial charge in [-0.25, -0.2) is 0 Å². The highest BCUT2D eigenvalue weighted by Crippen LogP contribution is 2.23. The molecule has 0 N–H and O–H groups in total. The van der Waals surface area contributed by atoms with Gasteiger partial charge in [-0.1, -0.05) is 12.1 Å². The lowest BCUT2D eigenvalue weighted by Crippen LogP contribution is -2.35. The summed E-state index contributed by atoms with van der Waals surface area (Å²) in [6.07, 6.45) is 0. The maximum Gasteiger partial charge on any atom is 0.387 e. The summed E-state index contributed by atoms with van der Waals surface area (Å²) in [4.78, 5) is 17.1. The summed E-state index contributed by atoms with van der Waals surface area (Å²) in [5, 5.41) is 0. The molecule has 0 aliphatic heterocycles. The molecule has 0 radical (unpaired) electrons. The molecule has 0 fully saturated rings. The van der Waals surface area contributed by atoms with Crippen LogP contribution in [0.1, 0.15) is 10.4 Å². The Morgan fingerprint density at radius 1 is 1.16 bits per heavy atom. The van der Waals surface area contributed by atoms with Crippen LogP contribution in [0.25, 0.3) is 0 Å². The highest BCUT2D eigenvalue weighted by Gasteiger charge is 2.13. The number of amides is 1. The summed E-state index contributed by atoms with van der Waals surface area (Å²) < 4.78 is 29.6. The number of hydrogen-bond acceptors (Lipinski definition) is 4. The van der Waals surface area contributed by atoms with Crippen molar-refractivity contribution in [3.63, 3.8) is 0 Å². The summed E-state index contributed by atoms with van der Waals surface area (Å²) in [6.45, 7) is -1.42. The molecule has 0 saturated carbocycles. The molecule has 136 valence electrons. The Morgan fingerprint density at radius 3 is 2.40 bits per heavy atom. The largest absolute Gasteiger partial charge is 0.435 e. The van der Waals surface area contributed by atoms with Crippen LogP contribution in [0.2, 0.25) is 0 Å². The van der Waals surface area contributed by atoms with Gasteiger partial charge in [-0.05, 0) is 52.8 Å². The maximum atomic E-state index is 12.3. The Morgan fingerprint density at radius 2 is 1.84 bits per heavy atom. The number of hydrogen-bond donors (Lipinski definition) is 0. The average Bonchev–Trinajstić information content (AvgIpc) is 2.93. The highest BCUT2D eigenvalue weighted by molar-refractivity contribution is 9.11.